The number of carbonyl (C=O) groups is 1. The van der Waals surface area contributed by atoms with Crippen LogP contribution in [-0.4, -0.2) is 18.1 Å². The van der Waals surface area contributed by atoms with Crippen LogP contribution in [0.3, 0.4) is 0 Å². The fraction of sp³-hybridized carbons (Fsp3) is 0.250. The minimum Gasteiger partial charge on any atom is -0.465 e. The zero-order chi connectivity index (χ0) is 11.6. The third-order valence-corrected chi connectivity index (χ3v) is 2.78. The number of hydrogen-bond donors (Lipinski definition) is 0. The first-order valence-electron chi connectivity index (χ1n) is 3.69. The number of carbonyl (C=O) groups excluding carboxylic acids is 1. The summed E-state index contributed by atoms with van der Waals surface area (Å²) in [5.74, 6) is -2.14. The van der Waals surface area contributed by atoms with E-state index >= 15 is 0 Å². The highest BCUT2D eigenvalue weighted by atomic mass is 127. The second-order valence-corrected chi connectivity index (χ2v) is 3.56. The minimum atomic E-state index is -2.81. The Bertz CT molecular complexity index is 398. The molecule has 0 bridgehead atoms. The molecule has 15 heavy (non-hydrogen) atoms. The number of nitrogens with zero attached hydrogens (tertiary/aromatic N) is 1. The van der Waals surface area contributed by atoms with E-state index < -0.39 is 29.5 Å². The van der Waals surface area contributed by atoms with Crippen molar-refractivity contribution in [3.05, 3.63) is 26.8 Å². The Kier molecular flexibility index (Phi) is 3.89. The Balaban J connectivity index is 3.36. The summed E-state index contributed by atoms with van der Waals surface area (Å²) in [7, 11) is 1.03. The van der Waals surface area contributed by atoms with Crippen LogP contribution in [0, 0.1) is 9.52 Å². The molecule has 0 N–H and O–H groups in total. The van der Waals surface area contributed by atoms with Crippen molar-refractivity contribution < 1.29 is 22.7 Å². The summed E-state index contributed by atoms with van der Waals surface area (Å²) < 4.78 is 41.9. The predicted molar refractivity (Wildman–Crippen MR) is 53.2 cm³/mol. The van der Waals surface area contributed by atoms with E-state index in [2.05, 4.69) is 9.72 Å². The van der Waals surface area contributed by atoms with E-state index in [1.54, 1.807) is 0 Å². The molecule has 1 aromatic heterocycles. The SMILES string of the molecule is COC(=O)c1c(F)ncc(C(F)F)c1I. The highest BCUT2D eigenvalue weighted by molar-refractivity contribution is 14.1. The van der Waals surface area contributed by atoms with E-state index in [1.807, 2.05) is 0 Å². The summed E-state index contributed by atoms with van der Waals surface area (Å²) >= 11 is 1.46. The van der Waals surface area contributed by atoms with Gasteiger partial charge in [-0.05, 0) is 22.6 Å². The Morgan fingerprint density at radius 2 is 2.20 bits per heavy atom. The zero-order valence-corrected chi connectivity index (χ0v) is 9.59. The largest absolute Gasteiger partial charge is 0.465 e. The van der Waals surface area contributed by atoms with Crippen LogP contribution in [-0.2, 0) is 4.74 Å². The Morgan fingerprint density at radius 3 is 2.67 bits per heavy atom. The standard InChI is InChI=1S/C8H5F3INO2/c1-15-8(14)4-5(12)3(6(9)10)2-13-7(4)11/h2,6H,1H3. The first kappa shape index (κ1) is 12.2. The molecule has 0 aliphatic rings. The van der Waals surface area contributed by atoms with Gasteiger partial charge < -0.3 is 4.74 Å². The van der Waals surface area contributed by atoms with Crippen LogP contribution < -0.4 is 0 Å². The molecule has 1 heterocycles. The normalized spacial score (nSPS) is 10.5. The third-order valence-electron chi connectivity index (χ3n) is 1.62. The van der Waals surface area contributed by atoms with Crippen molar-refractivity contribution in [2.45, 2.75) is 6.43 Å². The molecular formula is C8H5F3INO2. The fourth-order valence-corrected chi connectivity index (χ4v) is 1.73. The number of pyridine rings is 1. The van der Waals surface area contributed by atoms with Crippen molar-refractivity contribution in [3.63, 3.8) is 0 Å². The molecule has 0 unspecified atom stereocenters. The van der Waals surface area contributed by atoms with Gasteiger partial charge in [0.15, 0.2) is 0 Å². The van der Waals surface area contributed by atoms with Crippen molar-refractivity contribution in [2.75, 3.05) is 7.11 Å². The molecule has 0 radical (unpaired) electrons. The van der Waals surface area contributed by atoms with E-state index in [9.17, 15) is 18.0 Å². The number of halogens is 4. The van der Waals surface area contributed by atoms with Crippen LogP contribution in [0.25, 0.3) is 0 Å². The smallest absolute Gasteiger partial charge is 0.343 e. The summed E-state index contributed by atoms with van der Waals surface area (Å²) in [5.41, 5.74) is -1.05. The van der Waals surface area contributed by atoms with Crippen molar-refractivity contribution in [3.8, 4) is 0 Å². The summed E-state index contributed by atoms with van der Waals surface area (Å²) in [6, 6.07) is 0. The van der Waals surface area contributed by atoms with E-state index in [0.29, 0.717) is 6.20 Å². The maximum atomic E-state index is 13.1. The van der Waals surface area contributed by atoms with Gasteiger partial charge in [-0.3, -0.25) is 0 Å². The van der Waals surface area contributed by atoms with Crippen molar-refractivity contribution in [1.29, 1.82) is 0 Å². The van der Waals surface area contributed by atoms with Gasteiger partial charge in [0.2, 0.25) is 5.95 Å². The highest BCUT2D eigenvalue weighted by Crippen LogP contribution is 2.27. The third kappa shape index (κ3) is 2.39. The summed E-state index contributed by atoms with van der Waals surface area (Å²) in [6.07, 6.45) is -2.11. The molecule has 0 fully saturated rings. The van der Waals surface area contributed by atoms with Crippen molar-refractivity contribution in [1.82, 2.24) is 4.98 Å². The van der Waals surface area contributed by atoms with Crippen LogP contribution >= 0.6 is 22.6 Å². The lowest BCUT2D eigenvalue weighted by Gasteiger charge is -2.07. The lowest BCUT2D eigenvalue weighted by molar-refractivity contribution is 0.0592. The molecule has 1 aromatic rings. The number of hydrogen-bond acceptors (Lipinski definition) is 3. The fourth-order valence-electron chi connectivity index (χ4n) is 0.910. The molecule has 0 amide bonds. The zero-order valence-electron chi connectivity index (χ0n) is 7.43. The van der Waals surface area contributed by atoms with Gasteiger partial charge in [-0.25, -0.2) is 18.6 Å². The van der Waals surface area contributed by atoms with E-state index in [0.717, 1.165) is 7.11 Å². The molecule has 82 valence electrons. The minimum absolute atomic E-state index is 0.179. The Labute approximate surface area is 96.8 Å². The second-order valence-electron chi connectivity index (χ2n) is 2.49. The first-order valence-corrected chi connectivity index (χ1v) is 4.77. The number of rotatable bonds is 2. The van der Waals surface area contributed by atoms with Crippen LogP contribution in [0.15, 0.2) is 6.20 Å². The maximum Gasteiger partial charge on any atom is 0.343 e. The summed E-state index contributed by atoms with van der Waals surface area (Å²) in [4.78, 5) is 14.2. The van der Waals surface area contributed by atoms with Gasteiger partial charge in [0, 0.05) is 9.77 Å². The Hall–Kier alpha value is -0.860. The van der Waals surface area contributed by atoms with Crippen molar-refractivity contribution in [2.24, 2.45) is 0 Å². The topological polar surface area (TPSA) is 39.2 Å². The second kappa shape index (κ2) is 4.77. The molecule has 0 saturated carbocycles. The van der Waals surface area contributed by atoms with Crippen molar-refractivity contribution >= 4 is 28.6 Å². The number of aromatic nitrogens is 1. The average Bonchev–Trinajstić information content (AvgIpc) is 2.16. The molecule has 0 saturated heterocycles. The van der Waals surface area contributed by atoms with E-state index in [4.69, 9.17) is 0 Å². The van der Waals surface area contributed by atoms with Crippen LogP contribution in [0.5, 0.6) is 0 Å². The lowest BCUT2D eigenvalue weighted by atomic mass is 10.2. The van der Waals surface area contributed by atoms with Gasteiger partial charge in [-0.15, -0.1) is 0 Å². The highest BCUT2D eigenvalue weighted by Gasteiger charge is 2.23. The molecule has 3 nitrogen and oxygen atoms in total. The van der Waals surface area contributed by atoms with Gasteiger partial charge in [0.25, 0.3) is 6.43 Å². The molecule has 0 aromatic carbocycles. The molecule has 0 spiro atoms. The van der Waals surface area contributed by atoms with Gasteiger partial charge >= 0.3 is 5.97 Å². The molecule has 0 aliphatic carbocycles. The van der Waals surface area contributed by atoms with Gasteiger partial charge in [-0.1, -0.05) is 0 Å². The van der Waals surface area contributed by atoms with Gasteiger partial charge in [-0.2, -0.15) is 4.39 Å². The van der Waals surface area contributed by atoms with Crippen LogP contribution in [0.2, 0.25) is 0 Å². The molecule has 0 aliphatic heterocycles. The van der Waals surface area contributed by atoms with Crippen LogP contribution in [0.1, 0.15) is 22.3 Å². The predicted octanol–water partition coefficient (Wildman–Crippen LogP) is 2.55. The summed E-state index contributed by atoms with van der Waals surface area (Å²) in [5, 5.41) is 0. The van der Waals surface area contributed by atoms with Gasteiger partial charge in [0.1, 0.15) is 5.56 Å². The number of esters is 1. The van der Waals surface area contributed by atoms with E-state index in [1.165, 1.54) is 22.6 Å². The lowest BCUT2D eigenvalue weighted by Crippen LogP contribution is -2.11. The average molecular weight is 331 g/mol. The maximum absolute atomic E-state index is 13.1. The molecular weight excluding hydrogens is 326 g/mol. The molecule has 0 atom stereocenters. The number of methoxy groups -OCH3 is 1. The number of alkyl halides is 2. The first-order chi connectivity index (χ1) is 6.99. The Morgan fingerprint density at radius 1 is 1.60 bits per heavy atom. The molecule has 7 heteroatoms. The monoisotopic (exact) mass is 331 g/mol. The molecule has 1 rings (SSSR count). The van der Waals surface area contributed by atoms with E-state index in [-0.39, 0.29) is 3.57 Å². The van der Waals surface area contributed by atoms with Crippen LogP contribution in [0.4, 0.5) is 13.2 Å². The van der Waals surface area contributed by atoms with Gasteiger partial charge in [0.05, 0.1) is 12.7 Å². The quantitative estimate of drug-likeness (QED) is 0.475. The number of ether oxygens (including phenoxy) is 1. The summed E-state index contributed by atoms with van der Waals surface area (Å²) in [6.45, 7) is 0.